The standard InChI is InChI=1S/C19H18N2O3S2/c1-2-14-8-11-25-16(14)17(22)20-9-10-21-18(23)15(26-19(21)24)12-13-6-4-3-5-7-13/h3-8,11-12H,2,9-10H2,1H3,(H,20,22)/b15-12+. The van der Waals surface area contributed by atoms with Crippen molar-refractivity contribution in [3.05, 3.63) is 62.7 Å². The van der Waals surface area contributed by atoms with Crippen molar-refractivity contribution in [3.8, 4) is 0 Å². The lowest BCUT2D eigenvalue weighted by Gasteiger charge is -2.13. The van der Waals surface area contributed by atoms with Crippen LogP contribution >= 0.6 is 23.1 Å². The van der Waals surface area contributed by atoms with Gasteiger partial charge in [0.15, 0.2) is 0 Å². The van der Waals surface area contributed by atoms with E-state index in [1.165, 1.54) is 16.2 Å². The van der Waals surface area contributed by atoms with Gasteiger partial charge in [0.2, 0.25) is 0 Å². The number of nitrogens with zero attached hydrogens (tertiary/aromatic N) is 1. The Morgan fingerprint density at radius 3 is 2.69 bits per heavy atom. The molecule has 1 aliphatic heterocycles. The molecule has 0 aliphatic carbocycles. The molecule has 1 saturated heterocycles. The smallest absolute Gasteiger partial charge is 0.293 e. The lowest BCUT2D eigenvalue weighted by atomic mass is 10.2. The number of hydrogen-bond donors (Lipinski definition) is 1. The van der Waals surface area contributed by atoms with E-state index in [1.54, 1.807) is 6.08 Å². The van der Waals surface area contributed by atoms with Crippen molar-refractivity contribution in [2.75, 3.05) is 13.1 Å². The highest BCUT2D eigenvalue weighted by Crippen LogP contribution is 2.31. The van der Waals surface area contributed by atoms with Crippen molar-refractivity contribution in [1.82, 2.24) is 10.2 Å². The number of nitrogens with one attached hydrogen (secondary N) is 1. The SMILES string of the molecule is CCc1ccsc1C(=O)NCCN1C(=O)S/C(=C/c2ccccc2)C1=O. The average Bonchev–Trinajstić information content (AvgIpc) is 3.22. The molecule has 26 heavy (non-hydrogen) atoms. The third kappa shape index (κ3) is 4.05. The predicted octanol–water partition coefficient (Wildman–Crippen LogP) is 3.78. The molecule has 1 N–H and O–H groups in total. The zero-order chi connectivity index (χ0) is 18.5. The van der Waals surface area contributed by atoms with Crippen LogP contribution in [0.5, 0.6) is 0 Å². The van der Waals surface area contributed by atoms with Crippen molar-refractivity contribution in [1.29, 1.82) is 0 Å². The molecule has 5 nitrogen and oxygen atoms in total. The number of thiophene rings is 1. The van der Waals surface area contributed by atoms with Crippen LogP contribution in [0.4, 0.5) is 4.79 Å². The number of hydrogen-bond acceptors (Lipinski definition) is 5. The van der Waals surface area contributed by atoms with Crippen molar-refractivity contribution in [2.45, 2.75) is 13.3 Å². The van der Waals surface area contributed by atoms with E-state index in [4.69, 9.17) is 0 Å². The maximum absolute atomic E-state index is 12.4. The van der Waals surface area contributed by atoms with E-state index in [0.717, 1.165) is 29.3 Å². The van der Waals surface area contributed by atoms with Gasteiger partial charge in [0.25, 0.3) is 17.1 Å². The summed E-state index contributed by atoms with van der Waals surface area (Å²) in [6.07, 6.45) is 2.50. The van der Waals surface area contributed by atoms with Gasteiger partial charge in [-0.1, -0.05) is 37.3 Å². The van der Waals surface area contributed by atoms with Gasteiger partial charge in [-0.2, -0.15) is 0 Å². The van der Waals surface area contributed by atoms with Gasteiger partial charge in [-0.15, -0.1) is 11.3 Å². The zero-order valence-corrected chi connectivity index (χ0v) is 15.9. The minimum Gasteiger partial charge on any atom is -0.350 e. The topological polar surface area (TPSA) is 66.5 Å². The summed E-state index contributed by atoms with van der Waals surface area (Å²) in [7, 11) is 0. The lowest BCUT2D eigenvalue weighted by Crippen LogP contribution is -2.37. The summed E-state index contributed by atoms with van der Waals surface area (Å²) in [4.78, 5) is 39.0. The van der Waals surface area contributed by atoms with E-state index in [9.17, 15) is 14.4 Å². The third-order valence-electron chi connectivity index (χ3n) is 3.93. The molecule has 0 saturated carbocycles. The highest BCUT2D eigenvalue weighted by molar-refractivity contribution is 8.18. The first-order valence-electron chi connectivity index (χ1n) is 8.25. The highest BCUT2D eigenvalue weighted by atomic mass is 32.2. The van der Waals surface area contributed by atoms with Crippen LogP contribution in [0.1, 0.15) is 27.7 Å². The fourth-order valence-electron chi connectivity index (χ4n) is 2.57. The van der Waals surface area contributed by atoms with Gasteiger partial charge in [-0.25, -0.2) is 0 Å². The summed E-state index contributed by atoms with van der Waals surface area (Å²) < 4.78 is 0. The van der Waals surface area contributed by atoms with Crippen LogP contribution in [0.15, 0.2) is 46.7 Å². The minimum absolute atomic E-state index is 0.162. The zero-order valence-electron chi connectivity index (χ0n) is 14.2. The van der Waals surface area contributed by atoms with E-state index < -0.39 is 0 Å². The Morgan fingerprint density at radius 2 is 1.96 bits per heavy atom. The molecule has 0 spiro atoms. The van der Waals surface area contributed by atoms with Gasteiger partial charge in [0, 0.05) is 13.1 Å². The average molecular weight is 386 g/mol. The number of benzene rings is 1. The molecule has 3 amide bonds. The van der Waals surface area contributed by atoms with Crippen LogP contribution in [0.25, 0.3) is 6.08 Å². The van der Waals surface area contributed by atoms with Crippen LogP contribution in [0.3, 0.4) is 0 Å². The number of carbonyl (C=O) groups is 3. The maximum atomic E-state index is 12.4. The van der Waals surface area contributed by atoms with Gasteiger partial charge >= 0.3 is 0 Å². The Morgan fingerprint density at radius 1 is 1.19 bits per heavy atom. The van der Waals surface area contributed by atoms with E-state index in [1.807, 2.05) is 48.7 Å². The second-order valence-electron chi connectivity index (χ2n) is 5.63. The predicted molar refractivity (Wildman–Crippen MR) is 105 cm³/mol. The first kappa shape index (κ1) is 18.4. The number of aryl methyl sites for hydroxylation is 1. The molecular formula is C19H18N2O3S2. The second-order valence-corrected chi connectivity index (χ2v) is 7.54. The van der Waals surface area contributed by atoms with Crippen LogP contribution in [0, 0.1) is 0 Å². The minimum atomic E-state index is -0.316. The second kappa shape index (κ2) is 8.33. The maximum Gasteiger partial charge on any atom is 0.293 e. The normalized spacial score (nSPS) is 15.7. The molecule has 1 aromatic heterocycles. The van der Waals surface area contributed by atoms with Crippen LogP contribution in [-0.4, -0.2) is 35.0 Å². The molecule has 0 bridgehead atoms. The van der Waals surface area contributed by atoms with E-state index in [-0.39, 0.29) is 30.1 Å². The quantitative estimate of drug-likeness (QED) is 0.768. The van der Waals surface area contributed by atoms with Crippen molar-refractivity contribution in [3.63, 3.8) is 0 Å². The first-order chi connectivity index (χ1) is 12.6. The fourth-order valence-corrected chi connectivity index (χ4v) is 4.34. The van der Waals surface area contributed by atoms with Crippen LogP contribution in [0.2, 0.25) is 0 Å². The summed E-state index contributed by atoms with van der Waals surface area (Å²) in [5.41, 5.74) is 1.88. The molecule has 0 unspecified atom stereocenters. The summed E-state index contributed by atoms with van der Waals surface area (Å²) in [5, 5.41) is 4.37. The number of amides is 3. The number of imide groups is 1. The molecule has 3 rings (SSSR count). The van der Waals surface area contributed by atoms with Gasteiger partial charge < -0.3 is 5.32 Å². The Bertz CT molecular complexity index is 859. The molecule has 1 aliphatic rings. The van der Waals surface area contributed by atoms with E-state index >= 15 is 0 Å². The number of thioether (sulfide) groups is 1. The van der Waals surface area contributed by atoms with Crippen LogP contribution < -0.4 is 5.32 Å². The van der Waals surface area contributed by atoms with Gasteiger partial charge in [-0.3, -0.25) is 19.3 Å². The summed E-state index contributed by atoms with van der Waals surface area (Å²) in [6.45, 7) is 2.39. The molecule has 1 fully saturated rings. The molecule has 134 valence electrons. The van der Waals surface area contributed by atoms with Crippen LogP contribution in [-0.2, 0) is 11.2 Å². The summed E-state index contributed by atoms with van der Waals surface area (Å²) in [6, 6.07) is 11.3. The molecular weight excluding hydrogens is 368 g/mol. The Kier molecular flexibility index (Phi) is 5.90. The third-order valence-corrected chi connectivity index (χ3v) is 5.79. The van der Waals surface area contributed by atoms with Crippen molar-refractivity contribution < 1.29 is 14.4 Å². The lowest BCUT2D eigenvalue weighted by molar-refractivity contribution is -0.122. The van der Waals surface area contributed by atoms with Gasteiger partial charge in [0.05, 0.1) is 9.78 Å². The Hall–Kier alpha value is -2.38. The largest absolute Gasteiger partial charge is 0.350 e. The monoisotopic (exact) mass is 386 g/mol. The number of rotatable bonds is 6. The highest BCUT2D eigenvalue weighted by Gasteiger charge is 2.34. The van der Waals surface area contributed by atoms with Gasteiger partial charge in [0.1, 0.15) is 0 Å². The van der Waals surface area contributed by atoms with E-state index in [0.29, 0.717) is 9.78 Å². The summed E-state index contributed by atoms with van der Waals surface area (Å²) in [5.74, 6) is -0.480. The number of carbonyl (C=O) groups excluding carboxylic acids is 3. The molecule has 2 heterocycles. The van der Waals surface area contributed by atoms with Gasteiger partial charge in [-0.05, 0) is 46.8 Å². The molecule has 2 aromatic rings. The summed E-state index contributed by atoms with van der Waals surface area (Å²) >= 11 is 2.32. The van der Waals surface area contributed by atoms with Crippen molar-refractivity contribution >= 4 is 46.2 Å². The first-order valence-corrected chi connectivity index (χ1v) is 9.94. The molecule has 1 aromatic carbocycles. The molecule has 0 atom stereocenters. The Labute approximate surface area is 160 Å². The molecule has 0 radical (unpaired) electrons. The fraction of sp³-hybridized carbons (Fsp3) is 0.211. The van der Waals surface area contributed by atoms with Crippen molar-refractivity contribution in [2.24, 2.45) is 0 Å². The Balaban J connectivity index is 1.58. The molecule has 7 heteroatoms. The van der Waals surface area contributed by atoms with E-state index in [2.05, 4.69) is 5.32 Å².